The van der Waals surface area contributed by atoms with E-state index in [0.717, 1.165) is 0 Å². The average molecular weight is 362 g/mol. The van der Waals surface area contributed by atoms with Crippen molar-refractivity contribution in [1.29, 1.82) is 0 Å². The molecule has 5 nitrogen and oxygen atoms in total. The van der Waals surface area contributed by atoms with Crippen molar-refractivity contribution in [2.75, 3.05) is 17.2 Å². The van der Waals surface area contributed by atoms with Crippen molar-refractivity contribution in [2.24, 2.45) is 0 Å². The lowest BCUT2D eigenvalue weighted by atomic mass is 10.2. The Morgan fingerprint density at radius 2 is 1.92 bits per heavy atom. The first-order valence-electron chi connectivity index (χ1n) is 7.93. The molecule has 3 amide bonds. The zero-order chi connectivity index (χ0) is 17.8. The van der Waals surface area contributed by atoms with Crippen LogP contribution in [0.5, 0.6) is 0 Å². The third-order valence-electron chi connectivity index (χ3n) is 4.02. The maximum atomic E-state index is 13.7. The Hall–Kier alpha value is -2.60. The third-order valence-corrected chi connectivity index (χ3v) is 4.26. The molecule has 0 spiro atoms. The minimum atomic E-state index is -0.640. The fraction of sp³-hybridized carbons (Fsp3) is 0.222. The predicted octanol–water partition coefficient (Wildman–Crippen LogP) is 4.11. The molecule has 0 saturated carbocycles. The fourth-order valence-electron chi connectivity index (χ4n) is 2.82. The number of carbonyl (C=O) groups excluding carboxylic acids is 2. The number of benzene rings is 2. The van der Waals surface area contributed by atoms with Gasteiger partial charge in [0.2, 0.25) is 5.91 Å². The van der Waals surface area contributed by atoms with Gasteiger partial charge < -0.3 is 15.5 Å². The molecular formula is C18H17ClFN3O2. The highest BCUT2D eigenvalue weighted by Gasteiger charge is 2.34. The molecule has 0 bridgehead atoms. The van der Waals surface area contributed by atoms with Gasteiger partial charge in [0.25, 0.3) is 0 Å². The summed E-state index contributed by atoms with van der Waals surface area (Å²) in [6.45, 7) is 0.460. The Kier molecular flexibility index (Phi) is 5.19. The van der Waals surface area contributed by atoms with E-state index < -0.39 is 17.8 Å². The van der Waals surface area contributed by atoms with Gasteiger partial charge in [0.15, 0.2) is 0 Å². The van der Waals surface area contributed by atoms with Crippen molar-refractivity contribution < 1.29 is 14.0 Å². The van der Waals surface area contributed by atoms with Crippen LogP contribution in [0.1, 0.15) is 12.8 Å². The number of halogens is 2. The largest absolute Gasteiger partial charge is 0.322 e. The summed E-state index contributed by atoms with van der Waals surface area (Å²) in [4.78, 5) is 26.4. The van der Waals surface area contributed by atoms with Gasteiger partial charge in [-0.3, -0.25) is 4.79 Å². The van der Waals surface area contributed by atoms with Crippen LogP contribution in [-0.2, 0) is 4.79 Å². The number of para-hydroxylation sites is 1. The Morgan fingerprint density at radius 1 is 1.12 bits per heavy atom. The van der Waals surface area contributed by atoms with Crippen molar-refractivity contribution in [3.8, 4) is 0 Å². The Bertz CT molecular complexity index is 799. The maximum Gasteiger partial charge on any atom is 0.322 e. The number of rotatable bonds is 3. The average Bonchev–Trinajstić information content (AvgIpc) is 3.07. The van der Waals surface area contributed by atoms with Crippen molar-refractivity contribution in [1.82, 2.24) is 4.90 Å². The first-order chi connectivity index (χ1) is 12.0. The molecule has 1 saturated heterocycles. The Morgan fingerprint density at radius 3 is 2.68 bits per heavy atom. The number of hydrogen-bond acceptors (Lipinski definition) is 2. The van der Waals surface area contributed by atoms with Crippen LogP contribution in [-0.4, -0.2) is 29.4 Å². The number of anilines is 2. The Labute approximate surface area is 149 Å². The number of likely N-dealkylation sites (tertiary alicyclic amines) is 1. The molecule has 2 N–H and O–H groups in total. The van der Waals surface area contributed by atoms with Crippen LogP contribution in [0.15, 0.2) is 48.5 Å². The number of amides is 3. The van der Waals surface area contributed by atoms with E-state index in [4.69, 9.17) is 11.6 Å². The molecule has 0 radical (unpaired) electrons. The number of carbonyl (C=O) groups is 2. The van der Waals surface area contributed by atoms with Crippen molar-refractivity contribution in [2.45, 2.75) is 18.9 Å². The molecule has 1 aliphatic rings. The normalized spacial score (nSPS) is 16.6. The molecule has 1 heterocycles. The SMILES string of the molecule is O=C(Nc1ccccc1F)[C@H]1CCCN1C(=O)Nc1cccc(Cl)c1. The summed E-state index contributed by atoms with van der Waals surface area (Å²) < 4.78 is 13.7. The Balaban J connectivity index is 1.68. The summed E-state index contributed by atoms with van der Waals surface area (Å²) in [6.07, 6.45) is 1.24. The number of hydrogen-bond donors (Lipinski definition) is 2. The van der Waals surface area contributed by atoms with Crippen LogP contribution in [0.4, 0.5) is 20.6 Å². The fourth-order valence-corrected chi connectivity index (χ4v) is 3.01. The van der Waals surface area contributed by atoms with Gasteiger partial charge in [0, 0.05) is 17.3 Å². The third kappa shape index (κ3) is 4.09. The number of urea groups is 1. The molecule has 3 rings (SSSR count). The minimum absolute atomic E-state index is 0.106. The van der Waals surface area contributed by atoms with E-state index in [9.17, 15) is 14.0 Å². The standard InChI is InChI=1S/C18H17ClFN3O2/c19-12-5-3-6-13(11-12)21-18(25)23-10-4-9-16(23)17(24)22-15-8-2-1-7-14(15)20/h1-3,5-8,11,16H,4,9-10H2,(H,21,25)(H,22,24)/t16-/m1/s1. The highest BCUT2D eigenvalue weighted by molar-refractivity contribution is 6.30. The molecule has 25 heavy (non-hydrogen) atoms. The summed E-state index contributed by atoms with van der Waals surface area (Å²) in [5, 5.41) is 5.79. The van der Waals surface area contributed by atoms with E-state index in [1.807, 2.05) is 0 Å². The lowest BCUT2D eigenvalue weighted by Gasteiger charge is -2.24. The van der Waals surface area contributed by atoms with Gasteiger partial charge >= 0.3 is 6.03 Å². The summed E-state index contributed by atoms with van der Waals surface area (Å²) in [5.41, 5.74) is 0.660. The van der Waals surface area contributed by atoms with E-state index in [1.54, 1.807) is 36.4 Å². The van der Waals surface area contributed by atoms with Gasteiger partial charge in [-0.05, 0) is 43.2 Å². The molecule has 2 aromatic rings. The van der Waals surface area contributed by atoms with Gasteiger partial charge in [-0.2, -0.15) is 0 Å². The summed E-state index contributed by atoms with van der Waals surface area (Å²) in [7, 11) is 0. The highest BCUT2D eigenvalue weighted by Crippen LogP contribution is 2.22. The number of nitrogens with zero attached hydrogens (tertiary/aromatic N) is 1. The second-order valence-electron chi connectivity index (χ2n) is 5.76. The van der Waals surface area contributed by atoms with Gasteiger partial charge in [-0.15, -0.1) is 0 Å². The van der Waals surface area contributed by atoms with Crippen LogP contribution in [0, 0.1) is 5.82 Å². The van der Waals surface area contributed by atoms with E-state index in [-0.39, 0.29) is 11.7 Å². The second-order valence-corrected chi connectivity index (χ2v) is 6.20. The summed E-state index contributed by atoms with van der Waals surface area (Å²) in [6, 6.07) is 11.7. The van der Waals surface area contributed by atoms with E-state index in [2.05, 4.69) is 10.6 Å². The smallest absolute Gasteiger partial charge is 0.322 e. The van der Waals surface area contributed by atoms with Crippen molar-refractivity contribution in [3.63, 3.8) is 0 Å². The zero-order valence-corrected chi connectivity index (χ0v) is 14.1. The maximum absolute atomic E-state index is 13.7. The lowest BCUT2D eigenvalue weighted by molar-refractivity contribution is -0.119. The molecule has 0 aromatic heterocycles. The topological polar surface area (TPSA) is 61.4 Å². The molecule has 1 atom stereocenters. The monoisotopic (exact) mass is 361 g/mol. The second kappa shape index (κ2) is 7.53. The zero-order valence-electron chi connectivity index (χ0n) is 13.3. The molecule has 7 heteroatoms. The van der Waals surface area contributed by atoms with E-state index >= 15 is 0 Å². The van der Waals surface area contributed by atoms with Gasteiger partial charge in [-0.1, -0.05) is 29.8 Å². The molecule has 130 valence electrons. The van der Waals surface area contributed by atoms with E-state index in [0.29, 0.717) is 30.1 Å². The van der Waals surface area contributed by atoms with Crippen LogP contribution in [0.2, 0.25) is 5.02 Å². The molecular weight excluding hydrogens is 345 g/mol. The first kappa shape index (κ1) is 17.2. The van der Waals surface area contributed by atoms with Gasteiger partial charge in [0.1, 0.15) is 11.9 Å². The lowest BCUT2D eigenvalue weighted by Crippen LogP contribution is -2.45. The summed E-state index contributed by atoms with van der Waals surface area (Å²) >= 11 is 5.91. The van der Waals surface area contributed by atoms with Crippen molar-refractivity contribution in [3.05, 3.63) is 59.4 Å². The number of nitrogens with one attached hydrogen (secondary N) is 2. The summed E-state index contributed by atoms with van der Waals surface area (Å²) in [5.74, 6) is -0.910. The van der Waals surface area contributed by atoms with Crippen LogP contribution in [0.25, 0.3) is 0 Å². The molecule has 1 fully saturated rings. The molecule has 0 aliphatic carbocycles. The highest BCUT2D eigenvalue weighted by atomic mass is 35.5. The van der Waals surface area contributed by atoms with Crippen LogP contribution >= 0.6 is 11.6 Å². The minimum Gasteiger partial charge on any atom is -0.322 e. The van der Waals surface area contributed by atoms with E-state index in [1.165, 1.54) is 17.0 Å². The van der Waals surface area contributed by atoms with Crippen molar-refractivity contribution >= 4 is 34.9 Å². The first-order valence-corrected chi connectivity index (χ1v) is 8.31. The quantitative estimate of drug-likeness (QED) is 0.864. The van der Waals surface area contributed by atoms with Gasteiger partial charge in [0.05, 0.1) is 5.69 Å². The van der Waals surface area contributed by atoms with Crippen LogP contribution in [0.3, 0.4) is 0 Å². The predicted molar refractivity (Wildman–Crippen MR) is 95.2 cm³/mol. The molecule has 1 aliphatic heterocycles. The molecule has 2 aromatic carbocycles. The molecule has 0 unspecified atom stereocenters. The van der Waals surface area contributed by atoms with Crippen LogP contribution < -0.4 is 10.6 Å². The van der Waals surface area contributed by atoms with Gasteiger partial charge in [-0.25, -0.2) is 9.18 Å².